The van der Waals surface area contributed by atoms with Crippen molar-refractivity contribution in [2.75, 3.05) is 6.61 Å². The average molecular weight is 252 g/mol. The molecule has 0 aliphatic heterocycles. The molecule has 0 fully saturated rings. The minimum Gasteiger partial charge on any atom is -0.462 e. The van der Waals surface area contributed by atoms with Crippen LogP contribution in [0, 0.1) is 17.6 Å². The second kappa shape index (κ2) is 5.76. The number of benzene rings is 1. The molecule has 96 valence electrons. The fourth-order valence-corrected chi connectivity index (χ4v) is 1.96. The van der Waals surface area contributed by atoms with Gasteiger partial charge < -0.3 is 4.74 Å². The predicted octanol–water partition coefficient (Wildman–Crippen LogP) is 3.48. The predicted molar refractivity (Wildman–Crippen MR) is 63.1 cm³/mol. The Balaban J connectivity index is 1.92. The second-order valence-electron chi connectivity index (χ2n) is 4.41. The maximum absolute atomic E-state index is 12.9. The van der Waals surface area contributed by atoms with Gasteiger partial charge in [0, 0.05) is 6.07 Å². The van der Waals surface area contributed by atoms with Gasteiger partial charge in [0.05, 0.1) is 12.2 Å². The van der Waals surface area contributed by atoms with Gasteiger partial charge in [0.15, 0.2) is 0 Å². The molecule has 0 aromatic heterocycles. The minimum absolute atomic E-state index is 0.0844. The summed E-state index contributed by atoms with van der Waals surface area (Å²) >= 11 is 0. The summed E-state index contributed by atoms with van der Waals surface area (Å²) in [7, 11) is 0. The summed E-state index contributed by atoms with van der Waals surface area (Å²) in [4.78, 5) is 11.6. The fraction of sp³-hybridized carbons (Fsp3) is 0.357. The summed E-state index contributed by atoms with van der Waals surface area (Å²) in [6.45, 7) is 0.293. The number of hydrogen-bond acceptors (Lipinski definition) is 2. The molecular weight excluding hydrogens is 238 g/mol. The largest absolute Gasteiger partial charge is 0.462 e. The highest BCUT2D eigenvalue weighted by atomic mass is 19.1. The van der Waals surface area contributed by atoms with E-state index >= 15 is 0 Å². The molecule has 4 heteroatoms. The van der Waals surface area contributed by atoms with Gasteiger partial charge in [-0.1, -0.05) is 12.2 Å². The zero-order valence-electron chi connectivity index (χ0n) is 9.86. The van der Waals surface area contributed by atoms with Gasteiger partial charge in [0.1, 0.15) is 11.6 Å². The van der Waals surface area contributed by atoms with Gasteiger partial charge in [-0.2, -0.15) is 0 Å². The van der Waals surface area contributed by atoms with Crippen LogP contribution in [-0.2, 0) is 4.74 Å². The first-order chi connectivity index (χ1) is 8.65. The number of carbonyl (C=O) groups excluding carboxylic acids is 1. The molecule has 0 N–H and O–H groups in total. The van der Waals surface area contributed by atoms with Crippen LogP contribution in [0.5, 0.6) is 0 Å². The maximum Gasteiger partial charge on any atom is 0.338 e. The van der Waals surface area contributed by atoms with Crippen molar-refractivity contribution in [1.82, 2.24) is 0 Å². The van der Waals surface area contributed by atoms with Gasteiger partial charge in [-0.3, -0.25) is 0 Å². The molecule has 1 aromatic carbocycles. The molecule has 0 saturated carbocycles. The SMILES string of the molecule is O=C(OCC1CC=CCC1)c1cc(F)cc(F)c1. The normalized spacial score (nSPS) is 18.7. The second-order valence-corrected chi connectivity index (χ2v) is 4.41. The molecule has 1 unspecified atom stereocenters. The van der Waals surface area contributed by atoms with E-state index in [9.17, 15) is 13.6 Å². The summed E-state index contributed by atoms with van der Waals surface area (Å²) in [6, 6.07) is 2.68. The molecule has 0 spiro atoms. The van der Waals surface area contributed by atoms with Gasteiger partial charge in [0.25, 0.3) is 0 Å². The summed E-state index contributed by atoms with van der Waals surface area (Å²) < 4.78 is 30.9. The molecule has 2 nitrogen and oxygen atoms in total. The van der Waals surface area contributed by atoms with Crippen molar-refractivity contribution in [3.05, 3.63) is 47.5 Å². The molecule has 18 heavy (non-hydrogen) atoms. The van der Waals surface area contributed by atoms with Crippen molar-refractivity contribution in [2.24, 2.45) is 5.92 Å². The summed E-state index contributed by atoms with van der Waals surface area (Å²) in [5, 5.41) is 0. The topological polar surface area (TPSA) is 26.3 Å². The number of allylic oxidation sites excluding steroid dienone is 2. The maximum atomic E-state index is 12.9. The van der Waals surface area contributed by atoms with E-state index in [1.807, 2.05) is 0 Å². The molecule has 0 radical (unpaired) electrons. The molecule has 0 saturated heterocycles. The molecule has 0 amide bonds. The van der Waals surface area contributed by atoms with Crippen molar-refractivity contribution in [2.45, 2.75) is 19.3 Å². The summed E-state index contributed by atoms with van der Waals surface area (Å²) in [6.07, 6.45) is 6.99. The van der Waals surface area contributed by atoms with Crippen molar-refractivity contribution in [3.8, 4) is 0 Å². The Kier molecular flexibility index (Phi) is 4.07. The molecule has 1 aromatic rings. The van der Waals surface area contributed by atoms with Crippen LogP contribution in [0.2, 0.25) is 0 Å². The first-order valence-corrected chi connectivity index (χ1v) is 5.93. The van der Waals surface area contributed by atoms with Crippen molar-refractivity contribution < 1.29 is 18.3 Å². The Hall–Kier alpha value is -1.71. The Labute approximate surface area is 104 Å². The van der Waals surface area contributed by atoms with E-state index in [0.29, 0.717) is 12.5 Å². The van der Waals surface area contributed by atoms with Gasteiger partial charge in [-0.25, -0.2) is 13.6 Å². The highest BCUT2D eigenvalue weighted by molar-refractivity contribution is 5.89. The average Bonchev–Trinajstić information content (AvgIpc) is 2.36. The van der Waals surface area contributed by atoms with Crippen LogP contribution in [0.1, 0.15) is 29.6 Å². The summed E-state index contributed by atoms with van der Waals surface area (Å²) in [5.41, 5.74) is -0.0844. The lowest BCUT2D eigenvalue weighted by Gasteiger charge is -2.17. The van der Waals surface area contributed by atoms with E-state index in [-0.39, 0.29) is 5.56 Å². The fourth-order valence-electron chi connectivity index (χ4n) is 1.96. The molecule has 0 heterocycles. The van der Waals surface area contributed by atoms with E-state index in [1.165, 1.54) is 0 Å². The molecule has 2 rings (SSSR count). The zero-order chi connectivity index (χ0) is 13.0. The van der Waals surface area contributed by atoms with Crippen LogP contribution >= 0.6 is 0 Å². The number of halogens is 2. The lowest BCUT2D eigenvalue weighted by molar-refractivity contribution is 0.0431. The molecule has 1 atom stereocenters. The molecule has 1 aliphatic rings. The Morgan fingerprint density at radius 1 is 1.22 bits per heavy atom. The monoisotopic (exact) mass is 252 g/mol. The minimum atomic E-state index is -0.775. The van der Waals surface area contributed by atoms with Gasteiger partial charge in [0.2, 0.25) is 0 Å². The van der Waals surface area contributed by atoms with Crippen molar-refractivity contribution in [1.29, 1.82) is 0 Å². The highest BCUT2D eigenvalue weighted by Crippen LogP contribution is 2.19. The highest BCUT2D eigenvalue weighted by Gasteiger charge is 2.15. The van der Waals surface area contributed by atoms with Gasteiger partial charge >= 0.3 is 5.97 Å². The third kappa shape index (κ3) is 3.39. The van der Waals surface area contributed by atoms with E-state index < -0.39 is 17.6 Å². The van der Waals surface area contributed by atoms with Crippen LogP contribution in [0.3, 0.4) is 0 Å². The van der Waals surface area contributed by atoms with Crippen molar-refractivity contribution >= 4 is 5.97 Å². The number of rotatable bonds is 3. The molecule has 1 aliphatic carbocycles. The van der Waals surface area contributed by atoms with Crippen LogP contribution in [-0.4, -0.2) is 12.6 Å². The quantitative estimate of drug-likeness (QED) is 0.608. The number of esters is 1. The first kappa shape index (κ1) is 12.7. The van der Waals surface area contributed by atoms with Crippen LogP contribution in [0.15, 0.2) is 30.4 Å². The van der Waals surface area contributed by atoms with Crippen molar-refractivity contribution in [3.63, 3.8) is 0 Å². The Morgan fingerprint density at radius 3 is 2.56 bits per heavy atom. The molecule has 0 bridgehead atoms. The third-order valence-corrected chi connectivity index (χ3v) is 2.93. The number of hydrogen-bond donors (Lipinski definition) is 0. The first-order valence-electron chi connectivity index (χ1n) is 5.93. The van der Waals surface area contributed by atoms with Crippen LogP contribution in [0.25, 0.3) is 0 Å². The Bertz CT molecular complexity index is 449. The third-order valence-electron chi connectivity index (χ3n) is 2.93. The summed E-state index contributed by atoms with van der Waals surface area (Å²) in [5.74, 6) is -1.93. The van der Waals surface area contributed by atoms with Crippen LogP contribution < -0.4 is 0 Å². The lowest BCUT2D eigenvalue weighted by Crippen LogP contribution is -2.15. The lowest BCUT2D eigenvalue weighted by atomic mass is 9.95. The van der Waals surface area contributed by atoms with Gasteiger partial charge in [-0.05, 0) is 37.3 Å². The smallest absolute Gasteiger partial charge is 0.338 e. The zero-order valence-corrected chi connectivity index (χ0v) is 9.86. The van der Waals surface area contributed by atoms with E-state index in [4.69, 9.17) is 4.74 Å². The molecular formula is C14H14F2O2. The number of ether oxygens (including phenoxy) is 1. The van der Waals surface area contributed by atoms with Crippen LogP contribution in [0.4, 0.5) is 8.78 Å². The standard InChI is InChI=1S/C14H14F2O2/c15-12-6-11(7-13(16)8-12)14(17)18-9-10-4-2-1-3-5-10/h1-2,6-8,10H,3-5,9H2. The Morgan fingerprint density at radius 2 is 1.94 bits per heavy atom. The number of carbonyl (C=O) groups is 1. The van der Waals surface area contributed by atoms with Gasteiger partial charge in [-0.15, -0.1) is 0 Å². The van der Waals surface area contributed by atoms with E-state index in [2.05, 4.69) is 12.2 Å². The van der Waals surface area contributed by atoms with E-state index in [0.717, 1.165) is 37.5 Å². The van der Waals surface area contributed by atoms with E-state index in [1.54, 1.807) is 0 Å².